The molecule has 0 aliphatic heterocycles. The van der Waals surface area contributed by atoms with Crippen LogP contribution in [0.25, 0.3) is 0 Å². The van der Waals surface area contributed by atoms with E-state index in [1.165, 1.54) is 0 Å². The Morgan fingerprint density at radius 2 is 2.00 bits per heavy atom. The molecule has 0 amide bonds. The number of nitrogens with zero attached hydrogens (tertiary/aromatic N) is 6. The maximum absolute atomic E-state index is 4.44. The Labute approximate surface area is 119 Å². The monoisotopic (exact) mass is 277 g/mol. The van der Waals surface area contributed by atoms with Crippen LogP contribution in [-0.4, -0.2) is 35.6 Å². The number of hydrogen-bond acceptors (Lipinski definition) is 5. The van der Waals surface area contributed by atoms with Gasteiger partial charge in [-0.2, -0.15) is 10.2 Å². The largest absolute Gasteiger partial charge is 0.308 e. The van der Waals surface area contributed by atoms with E-state index in [9.17, 15) is 0 Å². The summed E-state index contributed by atoms with van der Waals surface area (Å²) in [4.78, 5) is 8.59. The highest BCUT2D eigenvalue weighted by molar-refractivity contribution is 4.88. The molecule has 7 heteroatoms. The van der Waals surface area contributed by atoms with Crippen LogP contribution in [0.5, 0.6) is 0 Å². The summed E-state index contributed by atoms with van der Waals surface area (Å²) >= 11 is 0. The van der Waals surface area contributed by atoms with E-state index in [2.05, 4.69) is 53.2 Å². The number of hydrogen-bond donors (Lipinski definition) is 1. The van der Waals surface area contributed by atoms with Gasteiger partial charge in [-0.3, -0.25) is 0 Å². The van der Waals surface area contributed by atoms with Crippen molar-refractivity contribution in [2.24, 2.45) is 5.92 Å². The third-order valence-corrected chi connectivity index (χ3v) is 2.79. The van der Waals surface area contributed by atoms with E-state index in [0.717, 1.165) is 18.2 Å². The molecule has 2 aromatic heterocycles. The Morgan fingerprint density at radius 3 is 2.70 bits per heavy atom. The van der Waals surface area contributed by atoms with Crippen LogP contribution in [0.4, 0.5) is 0 Å². The van der Waals surface area contributed by atoms with Crippen molar-refractivity contribution in [3.8, 4) is 0 Å². The molecule has 0 atom stereocenters. The van der Waals surface area contributed by atoms with Gasteiger partial charge in [0, 0.05) is 12.6 Å². The Kier molecular flexibility index (Phi) is 4.84. The van der Waals surface area contributed by atoms with Gasteiger partial charge in [-0.05, 0) is 5.92 Å². The van der Waals surface area contributed by atoms with Crippen molar-refractivity contribution in [2.75, 3.05) is 0 Å². The lowest BCUT2D eigenvalue weighted by Gasteiger charge is -2.08. The van der Waals surface area contributed by atoms with Gasteiger partial charge in [0.05, 0.1) is 6.54 Å². The quantitative estimate of drug-likeness (QED) is 0.819. The molecule has 0 aliphatic rings. The van der Waals surface area contributed by atoms with Crippen molar-refractivity contribution in [1.29, 1.82) is 0 Å². The van der Waals surface area contributed by atoms with E-state index in [1.807, 2.05) is 4.68 Å². The fraction of sp³-hybridized carbons (Fsp3) is 0.692. The molecule has 0 aromatic carbocycles. The molecule has 0 saturated heterocycles. The van der Waals surface area contributed by atoms with Crippen LogP contribution in [-0.2, 0) is 19.6 Å². The van der Waals surface area contributed by atoms with Crippen LogP contribution < -0.4 is 5.32 Å². The third-order valence-electron chi connectivity index (χ3n) is 2.79. The molecule has 0 unspecified atom stereocenters. The van der Waals surface area contributed by atoms with Gasteiger partial charge in [0.1, 0.15) is 25.0 Å². The molecule has 20 heavy (non-hydrogen) atoms. The van der Waals surface area contributed by atoms with Crippen LogP contribution in [0.15, 0.2) is 12.7 Å². The summed E-state index contributed by atoms with van der Waals surface area (Å²) in [5.74, 6) is 2.25. The fourth-order valence-electron chi connectivity index (χ4n) is 1.84. The second kappa shape index (κ2) is 6.60. The van der Waals surface area contributed by atoms with Crippen LogP contribution >= 0.6 is 0 Å². The minimum absolute atomic E-state index is 0.427. The van der Waals surface area contributed by atoms with Crippen LogP contribution in [0.3, 0.4) is 0 Å². The van der Waals surface area contributed by atoms with Gasteiger partial charge in [0.25, 0.3) is 0 Å². The van der Waals surface area contributed by atoms with Gasteiger partial charge >= 0.3 is 0 Å². The van der Waals surface area contributed by atoms with Crippen molar-refractivity contribution in [3.63, 3.8) is 0 Å². The molecule has 1 N–H and O–H groups in total. The van der Waals surface area contributed by atoms with E-state index in [1.54, 1.807) is 17.3 Å². The molecule has 0 saturated carbocycles. The lowest BCUT2D eigenvalue weighted by Crippen LogP contribution is -2.22. The summed E-state index contributed by atoms with van der Waals surface area (Å²) in [5, 5.41) is 12.0. The third kappa shape index (κ3) is 4.12. The van der Waals surface area contributed by atoms with E-state index >= 15 is 0 Å². The molecule has 0 bridgehead atoms. The zero-order chi connectivity index (χ0) is 14.5. The summed E-state index contributed by atoms with van der Waals surface area (Å²) in [6.07, 6.45) is 3.33. The summed E-state index contributed by atoms with van der Waals surface area (Å²) in [5.41, 5.74) is 0. The molecule has 2 heterocycles. The van der Waals surface area contributed by atoms with Gasteiger partial charge in [-0.15, -0.1) is 0 Å². The average Bonchev–Trinajstić information content (AvgIpc) is 2.97. The highest BCUT2D eigenvalue weighted by atomic mass is 15.4. The van der Waals surface area contributed by atoms with Gasteiger partial charge in [-0.1, -0.05) is 27.7 Å². The van der Waals surface area contributed by atoms with Crippen LogP contribution in [0, 0.1) is 5.92 Å². The number of nitrogens with one attached hydrogen (secondary N) is 1. The fourth-order valence-corrected chi connectivity index (χ4v) is 1.84. The van der Waals surface area contributed by atoms with Crippen molar-refractivity contribution in [1.82, 2.24) is 34.8 Å². The van der Waals surface area contributed by atoms with Gasteiger partial charge in [0.15, 0.2) is 5.82 Å². The standard InChI is InChI=1S/C13H23N7/c1-10(2)6-20-13(15-8-17-20)7-19-9-16-12(18-19)5-14-11(3)4/h8-11,14H,5-7H2,1-4H3. The topological polar surface area (TPSA) is 73.5 Å². The first-order valence-electron chi connectivity index (χ1n) is 7.03. The SMILES string of the molecule is CC(C)Cn1ncnc1Cn1cnc(CNC(C)C)n1. The zero-order valence-electron chi connectivity index (χ0n) is 12.6. The first kappa shape index (κ1) is 14.6. The Bertz CT molecular complexity index is 526. The predicted octanol–water partition coefficient (Wildman–Crippen LogP) is 1.07. The molecule has 0 radical (unpaired) electrons. The number of aromatic nitrogens is 6. The van der Waals surface area contributed by atoms with Crippen LogP contribution in [0.1, 0.15) is 39.3 Å². The summed E-state index contributed by atoms with van der Waals surface area (Å²) in [6.45, 7) is 10.7. The first-order valence-corrected chi connectivity index (χ1v) is 7.03. The van der Waals surface area contributed by atoms with Crippen LogP contribution in [0.2, 0.25) is 0 Å². The second-order valence-electron chi connectivity index (χ2n) is 5.65. The van der Waals surface area contributed by atoms with Gasteiger partial charge in [-0.25, -0.2) is 19.3 Å². The smallest absolute Gasteiger partial charge is 0.164 e. The molecule has 2 aromatic rings. The maximum atomic E-state index is 4.44. The van der Waals surface area contributed by atoms with Crippen molar-refractivity contribution in [3.05, 3.63) is 24.3 Å². The normalized spacial score (nSPS) is 11.7. The summed E-state index contributed by atoms with van der Waals surface area (Å²) < 4.78 is 3.73. The van der Waals surface area contributed by atoms with E-state index in [0.29, 0.717) is 25.0 Å². The molecule has 7 nitrogen and oxygen atoms in total. The molecule has 0 spiro atoms. The number of rotatable bonds is 7. The first-order chi connectivity index (χ1) is 9.54. The molecule has 0 fully saturated rings. The molecule has 0 aliphatic carbocycles. The highest BCUT2D eigenvalue weighted by Crippen LogP contribution is 2.03. The second-order valence-corrected chi connectivity index (χ2v) is 5.65. The van der Waals surface area contributed by atoms with E-state index in [-0.39, 0.29) is 0 Å². The van der Waals surface area contributed by atoms with Gasteiger partial charge in [0.2, 0.25) is 0 Å². The van der Waals surface area contributed by atoms with E-state index < -0.39 is 0 Å². The van der Waals surface area contributed by atoms with Crippen molar-refractivity contribution < 1.29 is 0 Å². The molecular formula is C13H23N7. The Balaban J connectivity index is 1.98. The Morgan fingerprint density at radius 1 is 1.20 bits per heavy atom. The van der Waals surface area contributed by atoms with Crippen molar-refractivity contribution in [2.45, 2.75) is 53.4 Å². The maximum Gasteiger partial charge on any atom is 0.164 e. The molecular weight excluding hydrogens is 254 g/mol. The highest BCUT2D eigenvalue weighted by Gasteiger charge is 2.08. The van der Waals surface area contributed by atoms with E-state index in [4.69, 9.17) is 0 Å². The summed E-state index contributed by atoms with van der Waals surface area (Å²) in [7, 11) is 0. The van der Waals surface area contributed by atoms with Crippen molar-refractivity contribution >= 4 is 0 Å². The Hall–Kier alpha value is -1.76. The average molecular weight is 277 g/mol. The zero-order valence-corrected chi connectivity index (χ0v) is 12.6. The van der Waals surface area contributed by atoms with Gasteiger partial charge < -0.3 is 5.32 Å². The minimum atomic E-state index is 0.427. The lowest BCUT2D eigenvalue weighted by atomic mass is 10.2. The lowest BCUT2D eigenvalue weighted by molar-refractivity contribution is 0.455. The molecule has 110 valence electrons. The summed E-state index contributed by atoms with van der Waals surface area (Å²) in [6, 6.07) is 0.427. The predicted molar refractivity (Wildman–Crippen MR) is 76.0 cm³/mol. The molecule has 2 rings (SSSR count). The minimum Gasteiger partial charge on any atom is -0.308 e.